The van der Waals surface area contributed by atoms with E-state index in [4.69, 9.17) is 27.9 Å². The van der Waals surface area contributed by atoms with Crippen molar-refractivity contribution in [2.75, 3.05) is 6.61 Å². The molecule has 0 atom stereocenters. The number of hydrogen-bond acceptors (Lipinski definition) is 3. The lowest BCUT2D eigenvalue weighted by Crippen LogP contribution is -2.15. The number of carbonyl (C=O) groups is 2. The molecule has 0 spiro atoms. The molecule has 3 nitrogen and oxygen atoms in total. The van der Waals surface area contributed by atoms with Crippen LogP contribution >= 0.6 is 23.2 Å². The van der Waals surface area contributed by atoms with Crippen molar-refractivity contribution in [1.82, 2.24) is 0 Å². The first-order chi connectivity index (χ1) is 10.5. The molecular formula is C17H14Cl2O3. The number of esters is 1. The van der Waals surface area contributed by atoms with E-state index in [9.17, 15) is 9.59 Å². The van der Waals surface area contributed by atoms with E-state index < -0.39 is 5.97 Å². The van der Waals surface area contributed by atoms with E-state index in [1.165, 1.54) is 0 Å². The molecule has 0 aliphatic carbocycles. The zero-order valence-corrected chi connectivity index (χ0v) is 13.4. The molecule has 0 bridgehead atoms. The van der Waals surface area contributed by atoms with Gasteiger partial charge in [0.05, 0.1) is 6.42 Å². The van der Waals surface area contributed by atoms with Crippen molar-refractivity contribution in [3.63, 3.8) is 0 Å². The van der Waals surface area contributed by atoms with Gasteiger partial charge in [-0.05, 0) is 24.6 Å². The third kappa shape index (κ3) is 4.58. The van der Waals surface area contributed by atoms with E-state index in [1.54, 1.807) is 30.3 Å². The second kappa shape index (κ2) is 7.43. The number of rotatable bonds is 5. The van der Waals surface area contributed by atoms with E-state index in [-0.39, 0.29) is 18.8 Å². The number of ketones is 1. The van der Waals surface area contributed by atoms with Crippen LogP contribution in [0.15, 0.2) is 42.5 Å². The fourth-order valence-corrected chi connectivity index (χ4v) is 2.32. The molecule has 2 aromatic carbocycles. The summed E-state index contributed by atoms with van der Waals surface area (Å²) < 4.78 is 5.00. The average Bonchev–Trinajstić information content (AvgIpc) is 2.48. The van der Waals surface area contributed by atoms with Gasteiger partial charge in [-0.15, -0.1) is 0 Å². The second-order valence-corrected chi connectivity index (χ2v) is 5.71. The summed E-state index contributed by atoms with van der Waals surface area (Å²) >= 11 is 11.8. The van der Waals surface area contributed by atoms with Gasteiger partial charge in [0.15, 0.2) is 12.4 Å². The van der Waals surface area contributed by atoms with Crippen molar-refractivity contribution in [1.29, 1.82) is 0 Å². The quantitative estimate of drug-likeness (QED) is 0.604. The maximum absolute atomic E-state index is 11.9. The van der Waals surface area contributed by atoms with Crippen molar-refractivity contribution >= 4 is 35.0 Å². The van der Waals surface area contributed by atoms with Crippen LogP contribution in [0.3, 0.4) is 0 Å². The van der Waals surface area contributed by atoms with Gasteiger partial charge in [-0.25, -0.2) is 0 Å². The van der Waals surface area contributed by atoms with Gasteiger partial charge in [0.25, 0.3) is 0 Å². The minimum Gasteiger partial charge on any atom is -0.457 e. The summed E-state index contributed by atoms with van der Waals surface area (Å²) in [5, 5.41) is 0.894. The summed E-state index contributed by atoms with van der Waals surface area (Å²) in [6.45, 7) is 1.65. The minimum atomic E-state index is -0.510. The predicted octanol–water partition coefficient (Wildman–Crippen LogP) is 4.27. The summed E-state index contributed by atoms with van der Waals surface area (Å²) in [7, 11) is 0. The van der Waals surface area contributed by atoms with E-state index >= 15 is 0 Å². The first-order valence-corrected chi connectivity index (χ1v) is 7.41. The second-order valence-electron chi connectivity index (χ2n) is 4.86. The van der Waals surface area contributed by atoms with Crippen LogP contribution in [-0.4, -0.2) is 18.4 Å². The Morgan fingerprint density at radius 1 is 1.05 bits per heavy atom. The molecule has 114 valence electrons. The third-order valence-electron chi connectivity index (χ3n) is 3.09. The van der Waals surface area contributed by atoms with E-state index in [1.807, 2.05) is 19.1 Å². The van der Waals surface area contributed by atoms with E-state index in [0.29, 0.717) is 21.2 Å². The molecule has 0 aliphatic heterocycles. The largest absolute Gasteiger partial charge is 0.457 e. The lowest BCUT2D eigenvalue weighted by molar-refractivity contribution is -0.141. The molecule has 0 saturated carbocycles. The highest BCUT2D eigenvalue weighted by atomic mass is 35.5. The molecule has 0 radical (unpaired) electrons. The topological polar surface area (TPSA) is 43.4 Å². The Hall–Kier alpha value is -1.84. The van der Waals surface area contributed by atoms with Crippen LogP contribution in [0.1, 0.15) is 21.5 Å². The summed E-state index contributed by atoms with van der Waals surface area (Å²) in [5.41, 5.74) is 2.19. The van der Waals surface area contributed by atoms with Gasteiger partial charge < -0.3 is 4.74 Å². The smallest absolute Gasteiger partial charge is 0.310 e. The van der Waals surface area contributed by atoms with Crippen LogP contribution in [0.2, 0.25) is 10.0 Å². The molecule has 5 heteroatoms. The van der Waals surface area contributed by atoms with Gasteiger partial charge in [0.2, 0.25) is 0 Å². The van der Waals surface area contributed by atoms with Gasteiger partial charge in [-0.3, -0.25) is 9.59 Å². The summed E-state index contributed by atoms with van der Waals surface area (Å²) in [5.74, 6) is -0.750. The predicted molar refractivity (Wildman–Crippen MR) is 86.6 cm³/mol. The SMILES string of the molecule is Cc1ccc(C(=O)COC(=O)Cc2ccc(Cl)cc2Cl)cc1. The zero-order chi connectivity index (χ0) is 16.1. The maximum atomic E-state index is 11.9. The number of benzene rings is 2. The van der Waals surface area contributed by atoms with E-state index in [0.717, 1.165) is 5.56 Å². The first kappa shape index (κ1) is 16.5. The highest BCUT2D eigenvalue weighted by Gasteiger charge is 2.12. The van der Waals surface area contributed by atoms with Crippen molar-refractivity contribution in [3.05, 3.63) is 69.2 Å². The minimum absolute atomic E-state index is 0.00280. The Bertz CT molecular complexity index is 694. The molecule has 2 rings (SSSR count). The molecular weight excluding hydrogens is 323 g/mol. The normalized spacial score (nSPS) is 10.3. The molecule has 0 saturated heterocycles. The molecule has 0 heterocycles. The molecule has 0 fully saturated rings. The molecule has 2 aromatic rings. The maximum Gasteiger partial charge on any atom is 0.310 e. The van der Waals surface area contributed by atoms with E-state index in [2.05, 4.69) is 0 Å². The Labute approximate surface area is 138 Å². The van der Waals surface area contributed by atoms with Crippen LogP contribution in [0, 0.1) is 6.92 Å². The van der Waals surface area contributed by atoms with Gasteiger partial charge >= 0.3 is 5.97 Å². The number of halogens is 2. The van der Waals surface area contributed by atoms with Crippen LogP contribution in [-0.2, 0) is 16.0 Å². The number of ether oxygens (including phenoxy) is 1. The monoisotopic (exact) mass is 336 g/mol. The van der Waals surface area contributed by atoms with Gasteiger partial charge in [-0.2, -0.15) is 0 Å². The lowest BCUT2D eigenvalue weighted by atomic mass is 10.1. The fourth-order valence-electron chi connectivity index (χ4n) is 1.84. The van der Waals surface area contributed by atoms with Crippen LogP contribution in [0.25, 0.3) is 0 Å². The van der Waals surface area contributed by atoms with Gasteiger partial charge in [-0.1, -0.05) is 59.1 Å². The van der Waals surface area contributed by atoms with Crippen molar-refractivity contribution in [2.45, 2.75) is 13.3 Å². The van der Waals surface area contributed by atoms with Crippen LogP contribution in [0.4, 0.5) is 0 Å². The Morgan fingerprint density at radius 2 is 1.73 bits per heavy atom. The highest BCUT2D eigenvalue weighted by molar-refractivity contribution is 6.35. The first-order valence-electron chi connectivity index (χ1n) is 6.65. The Kier molecular flexibility index (Phi) is 5.58. The standard InChI is InChI=1S/C17H14Cl2O3/c1-11-2-4-12(5-3-11)16(20)10-22-17(21)8-13-6-7-14(18)9-15(13)19/h2-7,9H,8,10H2,1H3. The number of hydrogen-bond donors (Lipinski definition) is 0. The lowest BCUT2D eigenvalue weighted by Gasteiger charge is -2.06. The molecule has 22 heavy (non-hydrogen) atoms. The molecule has 0 amide bonds. The van der Waals surface area contributed by atoms with Crippen molar-refractivity contribution in [3.8, 4) is 0 Å². The highest BCUT2D eigenvalue weighted by Crippen LogP contribution is 2.21. The van der Waals surface area contributed by atoms with Crippen molar-refractivity contribution in [2.24, 2.45) is 0 Å². The van der Waals surface area contributed by atoms with Gasteiger partial charge in [0, 0.05) is 15.6 Å². The molecule has 0 aromatic heterocycles. The molecule has 0 N–H and O–H groups in total. The number of carbonyl (C=O) groups excluding carboxylic acids is 2. The van der Waals surface area contributed by atoms with Crippen LogP contribution in [0.5, 0.6) is 0 Å². The van der Waals surface area contributed by atoms with Gasteiger partial charge in [0.1, 0.15) is 0 Å². The van der Waals surface area contributed by atoms with Crippen LogP contribution < -0.4 is 0 Å². The zero-order valence-electron chi connectivity index (χ0n) is 11.9. The number of Topliss-reactive ketones (excluding diaryl/α,β-unsaturated/α-hetero) is 1. The summed E-state index contributed by atoms with van der Waals surface area (Å²) in [6.07, 6.45) is -0.00280. The third-order valence-corrected chi connectivity index (χ3v) is 3.67. The molecule has 0 unspecified atom stereocenters. The summed E-state index contributed by atoms with van der Waals surface area (Å²) in [6, 6.07) is 12.0. The summed E-state index contributed by atoms with van der Waals surface area (Å²) in [4.78, 5) is 23.7. The number of aryl methyl sites for hydroxylation is 1. The average molecular weight is 337 g/mol. The fraction of sp³-hybridized carbons (Fsp3) is 0.176. The van der Waals surface area contributed by atoms with Crippen molar-refractivity contribution < 1.29 is 14.3 Å². The molecule has 0 aliphatic rings. The Morgan fingerprint density at radius 3 is 2.36 bits per heavy atom. The Balaban J connectivity index is 1.89.